The van der Waals surface area contributed by atoms with Crippen LogP contribution in [0.4, 0.5) is 0 Å². The fraction of sp³-hybridized carbons (Fsp3) is 0.487. The van der Waals surface area contributed by atoms with Gasteiger partial charge in [0.25, 0.3) is 11.7 Å². The van der Waals surface area contributed by atoms with Crippen LogP contribution in [0.5, 0.6) is 11.5 Å². The number of amides is 1. The second-order valence-corrected chi connectivity index (χ2v) is 14.1. The van der Waals surface area contributed by atoms with Crippen molar-refractivity contribution in [2.24, 2.45) is 28.8 Å². The highest BCUT2D eigenvalue weighted by atomic mass is 16.7. The van der Waals surface area contributed by atoms with Gasteiger partial charge in [0.1, 0.15) is 17.6 Å². The molecule has 0 saturated heterocycles. The number of methoxy groups -OCH3 is 1. The Morgan fingerprint density at radius 2 is 1.59 bits per heavy atom. The molecule has 5 rings (SSSR count). The van der Waals surface area contributed by atoms with E-state index in [9.17, 15) is 39.3 Å². The van der Waals surface area contributed by atoms with Crippen LogP contribution in [-0.2, 0) is 33.4 Å². The fourth-order valence-corrected chi connectivity index (χ4v) is 6.87. The van der Waals surface area contributed by atoms with Crippen molar-refractivity contribution in [3.63, 3.8) is 0 Å². The number of carbonyl (C=O) groups is 5. The van der Waals surface area contributed by atoms with Crippen molar-refractivity contribution in [3.05, 3.63) is 70.2 Å². The number of nitrogens with zero attached hydrogens (tertiary/aromatic N) is 1. The van der Waals surface area contributed by atoms with E-state index in [0.717, 1.165) is 13.0 Å². The van der Waals surface area contributed by atoms with E-state index in [0.29, 0.717) is 0 Å². The van der Waals surface area contributed by atoms with Crippen LogP contribution in [0.15, 0.2) is 53.1 Å². The number of aliphatic hydroxyl groups is 2. The van der Waals surface area contributed by atoms with Gasteiger partial charge in [-0.3, -0.25) is 19.2 Å². The van der Waals surface area contributed by atoms with E-state index < -0.39 is 100 Å². The number of allylic oxidation sites excluding steroid dienone is 4. The van der Waals surface area contributed by atoms with E-state index in [1.165, 1.54) is 53.2 Å². The van der Waals surface area contributed by atoms with Crippen molar-refractivity contribution in [1.29, 1.82) is 0 Å². The van der Waals surface area contributed by atoms with Gasteiger partial charge in [-0.25, -0.2) is 4.79 Å². The number of hydrogen-bond donors (Lipinski definition) is 4. The van der Waals surface area contributed by atoms with Gasteiger partial charge >= 0.3 is 11.9 Å². The number of rotatable bonds is 3. The molecule has 1 aromatic carbocycles. The molecule has 0 saturated carbocycles. The maximum atomic E-state index is 13.9. The van der Waals surface area contributed by atoms with Crippen LogP contribution in [0.2, 0.25) is 0 Å². The lowest BCUT2D eigenvalue weighted by molar-refractivity contribution is -0.160. The Morgan fingerprint density at radius 3 is 2.20 bits per heavy atom. The molecule has 3 heterocycles. The molecule has 292 valence electrons. The van der Waals surface area contributed by atoms with E-state index in [1.54, 1.807) is 39.8 Å². The molecular weight excluding hydrogens is 704 g/mol. The third kappa shape index (κ3) is 8.17. The summed E-state index contributed by atoms with van der Waals surface area (Å²) in [4.78, 5) is 70.1. The van der Waals surface area contributed by atoms with Crippen molar-refractivity contribution in [1.82, 2.24) is 5.32 Å². The van der Waals surface area contributed by atoms with E-state index in [-0.39, 0.29) is 33.7 Å². The molecule has 0 aromatic heterocycles. The van der Waals surface area contributed by atoms with E-state index in [4.69, 9.17) is 23.8 Å². The first-order chi connectivity index (χ1) is 25.2. The van der Waals surface area contributed by atoms with E-state index in [1.807, 2.05) is 0 Å². The van der Waals surface area contributed by atoms with Gasteiger partial charge in [0, 0.05) is 68.8 Å². The van der Waals surface area contributed by atoms with Gasteiger partial charge in [0.05, 0.1) is 47.0 Å². The molecule has 1 aromatic rings. The number of ether oxygens (including phenoxy) is 4. The number of phenols is 1. The van der Waals surface area contributed by atoms with Crippen LogP contribution in [-0.4, -0.2) is 87.8 Å². The molecule has 0 radical (unpaired) electrons. The summed E-state index contributed by atoms with van der Waals surface area (Å²) in [5, 5.41) is 40.4. The number of aromatic hydroxyl groups is 1. The van der Waals surface area contributed by atoms with Crippen LogP contribution >= 0.6 is 0 Å². The summed E-state index contributed by atoms with van der Waals surface area (Å²) in [7, 11) is 1.42. The highest BCUT2D eigenvalue weighted by Crippen LogP contribution is 2.48. The van der Waals surface area contributed by atoms with Crippen molar-refractivity contribution >= 4 is 35.1 Å². The fourth-order valence-electron chi connectivity index (χ4n) is 6.87. The first-order valence-electron chi connectivity index (χ1n) is 17.5. The molecule has 9 atom stereocenters. The van der Waals surface area contributed by atoms with Gasteiger partial charge in [-0.1, -0.05) is 51.1 Å². The first kappa shape index (κ1) is 41.6. The van der Waals surface area contributed by atoms with Crippen LogP contribution < -0.4 is 10.1 Å². The van der Waals surface area contributed by atoms with Crippen LogP contribution in [0.1, 0.15) is 87.2 Å². The van der Waals surface area contributed by atoms with Crippen molar-refractivity contribution < 1.29 is 63.1 Å². The molecule has 15 nitrogen and oxygen atoms in total. The summed E-state index contributed by atoms with van der Waals surface area (Å²) in [6.45, 7) is 13.5. The van der Waals surface area contributed by atoms with E-state index in [2.05, 4.69) is 10.5 Å². The lowest BCUT2D eigenvalue weighted by atomic mass is 9.78. The minimum atomic E-state index is -1.92. The molecule has 0 unspecified atom stereocenters. The predicted molar refractivity (Wildman–Crippen MR) is 193 cm³/mol. The van der Waals surface area contributed by atoms with Gasteiger partial charge in [0.15, 0.2) is 11.5 Å². The largest absolute Gasteiger partial charge is 0.507 e. The summed E-state index contributed by atoms with van der Waals surface area (Å²) in [6.07, 6.45) is 4.34. The van der Waals surface area contributed by atoms with E-state index >= 15 is 0 Å². The number of carbonyl (C=O) groups excluding carboxylic acids is 5. The van der Waals surface area contributed by atoms with Gasteiger partial charge < -0.3 is 44.4 Å². The smallest absolute Gasteiger partial charge is 0.331 e. The van der Waals surface area contributed by atoms with Crippen LogP contribution in [0, 0.1) is 30.6 Å². The minimum Gasteiger partial charge on any atom is -0.507 e. The molecule has 0 spiro atoms. The average Bonchev–Trinajstić information content (AvgIpc) is 3.41. The van der Waals surface area contributed by atoms with Gasteiger partial charge in [0.2, 0.25) is 5.78 Å². The second kappa shape index (κ2) is 16.5. The molecule has 1 aliphatic carbocycles. The number of ketones is 2. The first-order valence-corrected chi connectivity index (χ1v) is 17.5. The second-order valence-electron chi connectivity index (χ2n) is 14.1. The van der Waals surface area contributed by atoms with Crippen molar-refractivity contribution in [2.45, 2.75) is 92.5 Å². The quantitative estimate of drug-likeness (QED) is 0.197. The molecule has 5 bridgehead atoms. The standard InChI is InChI=1S/C39H48N2O13/c1-17-12-11-13-18(2)38(49)40-25-16-26(44)28-29(34(25)48)33(47)22(6)36-30(28)37(41-54-24(8)43)39(9,53-36)51-15-14-27(50-10)19(3)35(52-23(7)42)21(5)32(46)20(4)31(17)45/h11-17,19-21,27,31-32,35,45-47H,1-10H3,(H,40,49)/t17-,19+,20+,21+,27-,31-,32+,35+,39-/m0/s1. The minimum absolute atomic E-state index is 0.0294. The molecular formula is C39H48N2O13. The zero-order chi connectivity index (χ0) is 40.4. The highest BCUT2D eigenvalue weighted by molar-refractivity contribution is 6.31. The monoisotopic (exact) mass is 752 g/mol. The summed E-state index contributed by atoms with van der Waals surface area (Å²) in [5.74, 6) is -8.90. The number of hydrogen-bond acceptors (Lipinski definition) is 14. The Labute approximate surface area is 313 Å². The zero-order valence-electron chi connectivity index (χ0n) is 32.0. The highest BCUT2D eigenvalue weighted by Gasteiger charge is 2.51. The van der Waals surface area contributed by atoms with Gasteiger partial charge in [-0.2, -0.15) is 0 Å². The maximum absolute atomic E-state index is 13.9. The third-order valence-corrected chi connectivity index (χ3v) is 10.1. The summed E-state index contributed by atoms with van der Waals surface area (Å²) in [6, 6.07) is 0. The zero-order valence-corrected chi connectivity index (χ0v) is 32.0. The normalized spacial score (nSPS) is 31.3. The number of phenolic OH excluding ortho intramolecular Hbond substituents is 1. The Bertz CT molecular complexity index is 1870. The predicted octanol–water partition coefficient (Wildman–Crippen LogP) is 3.71. The Morgan fingerprint density at radius 1 is 0.926 bits per heavy atom. The molecule has 54 heavy (non-hydrogen) atoms. The summed E-state index contributed by atoms with van der Waals surface area (Å²) < 4.78 is 23.7. The molecule has 15 heteroatoms. The van der Waals surface area contributed by atoms with Gasteiger partial charge in [-0.05, 0) is 19.9 Å². The summed E-state index contributed by atoms with van der Waals surface area (Å²) >= 11 is 0. The third-order valence-electron chi connectivity index (χ3n) is 10.1. The van der Waals surface area contributed by atoms with Crippen LogP contribution in [0.3, 0.4) is 0 Å². The molecule has 1 amide bonds. The molecule has 4 N–H and O–H groups in total. The lowest BCUT2D eigenvalue weighted by Crippen LogP contribution is -2.46. The lowest BCUT2D eigenvalue weighted by Gasteiger charge is -2.38. The average molecular weight is 753 g/mol. The SMILES string of the molecule is CO[C@H]1C=CO[C@@]2(C)Oc3c(C)c(O)c4c(c3C2=NOC(C)=O)C(=O)C=C(NC(=O)C(C)=CC=C[C@H](C)[C@H](O)[C@@H](C)[C@@H](O)[C@@H](C)[C@H](OC(C)=O)[C@@H]1C)C4=O. The molecule has 0 fully saturated rings. The number of aliphatic hydroxyl groups excluding tert-OH is 2. The Hall–Kier alpha value is -5.12. The van der Waals surface area contributed by atoms with Crippen molar-refractivity contribution in [2.75, 3.05) is 7.11 Å². The number of Topliss-reactive ketones (excluding diaryl/α,β-unsaturated/α-hetero) is 1. The number of esters is 1. The number of benzene rings is 1. The number of fused-ring (bicyclic) bond motifs is 14. The van der Waals surface area contributed by atoms with Gasteiger partial charge in [-0.15, -0.1) is 0 Å². The topological polar surface area (TPSA) is 217 Å². The summed E-state index contributed by atoms with van der Waals surface area (Å²) in [5.41, 5.74) is -1.27. The molecule has 3 aliphatic heterocycles. The molecule has 4 aliphatic rings. The number of oxime groups is 1. The Balaban J connectivity index is 1.91. The maximum Gasteiger partial charge on any atom is 0.331 e. The van der Waals surface area contributed by atoms with Crippen molar-refractivity contribution in [3.8, 4) is 11.5 Å². The number of nitrogens with one attached hydrogen (secondary N) is 1. The van der Waals surface area contributed by atoms with Crippen LogP contribution in [0.25, 0.3) is 0 Å². The Kier molecular flexibility index (Phi) is 12.7.